The number of carbonyl (C=O) groups is 2. The Labute approximate surface area is 266 Å². The number of hydrogen-bond donors (Lipinski definition) is 0. The van der Waals surface area contributed by atoms with Gasteiger partial charge in [0, 0.05) is 88.9 Å². The molecule has 0 N–H and O–H groups in total. The number of fused-ring (bicyclic) bond motifs is 2. The third-order valence-corrected chi connectivity index (χ3v) is 13.2. The van der Waals surface area contributed by atoms with Crippen molar-refractivity contribution < 1.29 is 42.7 Å². The molecule has 1 spiro atoms. The lowest BCUT2D eigenvalue weighted by Crippen LogP contribution is -2.77. The number of methoxy groups -OCH3 is 5. The van der Waals surface area contributed by atoms with E-state index in [-0.39, 0.29) is 70.7 Å². The van der Waals surface area contributed by atoms with Crippen molar-refractivity contribution in [3.8, 4) is 5.75 Å². The highest BCUT2D eigenvalue weighted by molar-refractivity contribution is 5.89. The Balaban J connectivity index is 1.43. The predicted octanol–water partition coefficient (Wildman–Crippen LogP) is 3.60. The van der Waals surface area contributed by atoms with Gasteiger partial charge in [-0.2, -0.15) is 0 Å². The molecule has 6 fully saturated rings. The van der Waals surface area contributed by atoms with Crippen molar-refractivity contribution in [1.82, 2.24) is 4.90 Å². The second-order valence-corrected chi connectivity index (χ2v) is 14.4. The lowest BCUT2D eigenvalue weighted by molar-refractivity contribution is -0.280. The van der Waals surface area contributed by atoms with Gasteiger partial charge in [0.2, 0.25) is 0 Å². The maximum absolute atomic E-state index is 13.8. The highest BCUT2D eigenvalue weighted by atomic mass is 16.6. The highest BCUT2D eigenvalue weighted by Gasteiger charge is 2.88. The molecular weight excluding hydrogens is 578 g/mol. The summed E-state index contributed by atoms with van der Waals surface area (Å²) in [6, 6.07) is 7.07. The molecule has 1 saturated heterocycles. The van der Waals surface area contributed by atoms with Crippen molar-refractivity contribution in [2.24, 2.45) is 40.4 Å². The molecule has 0 amide bonds. The first-order valence-electron chi connectivity index (χ1n) is 16.6. The van der Waals surface area contributed by atoms with Gasteiger partial charge in [-0.1, -0.05) is 6.92 Å². The first kappa shape index (κ1) is 31.4. The standard InChI is InChI=1S/C35H49NO9/c1-8-36-17-33(18-39-3)14-13-25(42-6)35-23-15-22-24(41-5)16-34(45-19(2)37,27(31(35)36)29(43-7)30(33)35)26(23)28(22)44-32(38)20-9-11-21(40-4)12-10-20/h9-12,22-31H,8,13-18H2,1-7H3/t22-,23-,24+,25+,26-,27?,28+,29+,30-,31-,33+,34-,35+/m1/s1. The van der Waals surface area contributed by atoms with E-state index in [0.29, 0.717) is 24.3 Å². The van der Waals surface area contributed by atoms with Crippen LogP contribution in [-0.2, 0) is 33.2 Å². The molecule has 13 atom stereocenters. The summed E-state index contributed by atoms with van der Waals surface area (Å²) >= 11 is 0. The van der Waals surface area contributed by atoms with E-state index < -0.39 is 17.7 Å². The summed E-state index contributed by atoms with van der Waals surface area (Å²) in [5.41, 5.74) is -0.937. The van der Waals surface area contributed by atoms with E-state index >= 15 is 0 Å². The van der Waals surface area contributed by atoms with Gasteiger partial charge >= 0.3 is 11.9 Å². The minimum Gasteiger partial charge on any atom is -0.497 e. The van der Waals surface area contributed by atoms with Gasteiger partial charge in [0.05, 0.1) is 37.6 Å². The van der Waals surface area contributed by atoms with E-state index in [1.54, 1.807) is 45.6 Å². The summed E-state index contributed by atoms with van der Waals surface area (Å²) in [6.45, 7) is 6.11. The number of piperidine rings is 1. The molecule has 7 rings (SSSR count). The van der Waals surface area contributed by atoms with E-state index in [1.807, 2.05) is 14.2 Å². The molecule has 1 aliphatic heterocycles. The maximum Gasteiger partial charge on any atom is 0.338 e. The molecule has 1 aromatic carbocycles. The molecule has 1 heterocycles. The zero-order valence-electron chi connectivity index (χ0n) is 27.7. The Morgan fingerprint density at radius 3 is 2.33 bits per heavy atom. The van der Waals surface area contributed by atoms with E-state index in [0.717, 1.165) is 32.4 Å². The fourth-order valence-corrected chi connectivity index (χ4v) is 12.4. The highest BCUT2D eigenvalue weighted by Crippen LogP contribution is 2.80. The fraction of sp³-hybridized carbons (Fsp3) is 0.771. The largest absolute Gasteiger partial charge is 0.497 e. The monoisotopic (exact) mass is 627 g/mol. The van der Waals surface area contributed by atoms with Crippen LogP contribution in [0.3, 0.4) is 0 Å². The molecule has 7 bridgehead atoms. The van der Waals surface area contributed by atoms with Crippen molar-refractivity contribution in [2.75, 3.05) is 55.2 Å². The van der Waals surface area contributed by atoms with E-state index in [9.17, 15) is 9.59 Å². The lowest BCUT2D eigenvalue weighted by Gasteiger charge is -2.69. The van der Waals surface area contributed by atoms with Gasteiger partial charge in [0.25, 0.3) is 0 Å². The number of benzene rings is 1. The van der Waals surface area contributed by atoms with Gasteiger partial charge in [0.15, 0.2) is 0 Å². The van der Waals surface area contributed by atoms with Crippen LogP contribution < -0.4 is 4.74 Å². The summed E-state index contributed by atoms with van der Waals surface area (Å²) in [7, 11) is 8.77. The average Bonchev–Trinajstić information content (AvgIpc) is 3.46. The zero-order chi connectivity index (χ0) is 31.9. The van der Waals surface area contributed by atoms with Crippen LogP contribution in [-0.4, -0.2) is 108 Å². The van der Waals surface area contributed by atoms with Crippen molar-refractivity contribution >= 4 is 11.9 Å². The molecule has 0 aromatic heterocycles. The molecule has 45 heavy (non-hydrogen) atoms. The summed E-state index contributed by atoms with van der Waals surface area (Å²) < 4.78 is 44.1. The van der Waals surface area contributed by atoms with Gasteiger partial charge in [-0.15, -0.1) is 0 Å². The van der Waals surface area contributed by atoms with Crippen molar-refractivity contribution in [2.45, 2.75) is 75.6 Å². The minimum atomic E-state index is -0.947. The zero-order valence-corrected chi connectivity index (χ0v) is 27.7. The van der Waals surface area contributed by atoms with Gasteiger partial charge in [-0.25, -0.2) is 4.79 Å². The smallest absolute Gasteiger partial charge is 0.338 e. The quantitative estimate of drug-likeness (QED) is 0.358. The first-order chi connectivity index (χ1) is 21.7. The number of carbonyl (C=O) groups excluding carboxylic acids is 2. The minimum absolute atomic E-state index is 0.0203. The van der Waals surface area contributed by atoms with Crippen LogP contribution >= 0.6 is 0 Å². The number of ether oxygens (including phenoxy) is 7. The Morgan fingerprint density at radius 2 is 1.73 bits per heavy atom. The van der Waals surface area contributed by atoms with E-state index in [2.05, 4.69) is 11.8 Å². The Morgan fingerprint density at radius 1 is 0.978 bits per heavy atom. The third kappa shape index (κ3) is 3.98. The fourth-order valence-electron chi connectivity index (χ4n) is 12.4. The molecule has 6 aliphatic rings. The molecule has 248 valence electrons. The summed E-state index contributed by atoms with van der Waals surface area (Å²) in [4.78, 5) is 29.7. The first-order valence-corrected chi connectivity index (χ1v) is 16.6. The number of nitrogens with zero attached hydrogens (tertiary/aromatic N) is 1. The summed E-state index contributed by atoms with van der Waals surface area (Å²) in [5.74, 6) is -0.299. The predicted molar refractivity (Wildman–Crippen MR) is 163 cm³/mol. The number of hydrogen-bond acceptors (Lipinski definition) is 10. The second kappa shape index (κ2) is 11.2. The van der Waals surface area contributed by atoms with Gasteiger partial charge < -0.3 is 33.2 Å². The molecule has 1 unspecified atom stereocenters. The molecule has 1 aromatic rings. The SMILES string of the molecule is CCN1C[C@]2(COC)CC[C@H](OC)[C@@]34[C@@H]5C[C@H]6[C@H](OC(=O)c7ccc(OC)cc7)[C@@H]5[C@](OC(C)=O)(C[C@@H]6OC)C([C@H](OC)[C@H]23)[C@@H]14. The molecule has 10 heteroatoms. The normalized spacial score (nSPS) is 45.7. The van der Waals surface area contributed by atoms with Crippen LogP contribution in [0.25, 0.3) is 0 Å². The van der Waals surface area contributed by atoms with Crippen molar-refractivity contribution in [3.63, 3.8) is 0 Å². The molecule has 0 radical (unpaired) electrons. The second-order valence-electron chi connectivity index (χ2n) is 14.4. The Hall–Kier alpha value is -2.24. The van der Waals surface area contributed by atoms with Gasteiger partial charge in [-0.05, 0) is 56.0 Å². The molecule has 5 saturated carbocycles. The molecule has 5 aliphatic carbocycles. The maximum atomic E-state index is 13.8. The third-order valence-electron chi connectivity index (χ3n) is 13.2. The van der Waals surface area contributed by atoms with Crippen molar-refractivity contribution in [1.29, 1.82) is 0 Å². The van der Waals surface area contributed by atoms with Crippen LogP contribution in [0.1, 0.15) is 49.9 Å². The van der Waals surface area contributed by atoms with Crippen LogP contribution in [0, 0.1) is 40.4 Å². The number of likely N-dealkylation sites (tertiary alicyclic amines) is 1. The topological polar surface area (TPSA) is 102 Å². The molecule has 10 nitrogen and oxygen atoms in total. The number of rotatable bonds is 10. The average molecular weight is 628 g/mol. The summed E-state index contributed by atoms with van der Waals surface area (Å²) in [6.07, 6.45) is 2.27. The van der Waals surface area contributed by atoms with Crippen LogP contribution in [0.4, 0.5) is 0 Å². The lowest BCUT2D eigenvalue weighted by atomic mass is 9.43. The molecular formula is C35H49NO9. The summed E-state index contributed by atoms with van der Waals surface area (Å²) in [5, 5.41) is 0. The van der Waals surface area contributed by atoms with E-state index in [1.165, 1.54) is 6.92 Å². The van der Waals surface area contributed by atoms with Crippen LogP contribution in [0.15, 0.2) is 24.3 Å². The Bertz CT molecular complexity index is 1310. The van der Waals surface area contributed by atoms with Gasteiger partial charge in [0.1, 0.15) is 17.5 Å². The van der Waals surface area contributed by atoms with Gasteiger partial charge in [-0.3, -0.25) is 9.69 Å². The van der Waals surface area contributed by atoms with Crippen molar-refractivity contribution in [3.05, 3.63) is 29.8 Å². The van der Waals surface area contributed by atoms with E-state index in [4.69, 9.17) is 33.2 Å². The van der Waals surface area contributed by atoms with Crippen LogP contribution in [0.2, 0.25) is 0 Å². The Kier molecular flexibility index (Phi) is 7.80. The van der Waals surface area contributed by atoms with Crippen LogP contribution in [0.5, 0.6) is 5.75 Å². The number of esters is 2.